The summed E-state index contributed by atoms with van der Waals surface area (Å²) in [4.78, 5) is 21.8. The first-order chi connectivity index (χ1) is 9.20. The molecule has 0 unspecified atom stereocenters. The molecule has 110 valence electrons. The van der Waals surface area contributed by atoms with Crippen LogP contribution in [-0.2, 0) is 16.1 Å². The largest absolute Gasteiger partial charge is 0.482 e. The van der Waals surface area contributed by atoms with E-state index in [-0.39, 0.29) is 12.3 Å². The highest BCUT2D eigenvalue weighted by Gasteiger charge is 2.41. The summed E-state index contributed by atoms with van der Waals surface area (Å²) >= 11 is 0. The summed E-state index contributed by atoms with van der Waals surface area (Å²) in [6.45, 7) is -0.816. The molecular weight excluding hydrogens is 279 g/mol. The van der Waals surface area contributed by atoms with Gasteiger partial charge in [0.1, 0.15) is 5.75 Å². The van der Waals surface area contributed by atoms with Crippen LogP contribution in [0.3, 0.4) is 0 Å². The zero-order valence-corrected chi connectivity index (χ0v) is 10.5. The standard InChI is InChI=1S/C12H12F3NO4/c1-16(11(19)12(13,14)15)6-8-3-2-4-9(5-8)20-7-10(17)18/h2-5H,6-7H2,1H3,(H,17,18). The first-order valence-electron chi connectivity index (χ1n) is 5.46. The number of halogens is 3. The first-order valence-corrected chi connectivity index (χ1v) is 5.46. The van der Waals surface area contributed by atoms with Gasteiger partial charge in [-0.25, -0.2) is 4.79 Å². The highest BCUT2D eigenvalue weighted by Crippen LogP contribution is 2.20. The van der Waals surface area contributed by atoms with Crippen molar-refractivity contribution in [3.05, 3.63) is 29.8 Å². The van der Waals surface area contributed by atoms with Crippen LogP contribution in [0.15, 0.2) is 24.3 Å². The molecule has 0 atom stereocenters. The molecule has 0 bridgehead atoms. The van der Waals surface area contributed by atoms with Gasteiger partial charge >= 0.3 is 18.1 Å². The number of hydrogen-bond acceptors (Lipinski definition) is 3. The van der Waals surface area contributed by atoms with Crippen molar-refractivity contribution in [3.8, 4) is 5.75 Å². The van der Waals surface area contributed by atoms with E-state index in [0.29, 0.717) is 10.5 Å². The predicted octanol–water partition coefficient (Wildman–Crippen LogP) is 1.67. The molecule has 0 aromatic heterocycles. The SMILES string of the molecule is CN(Cc1cccc(OCC(=O)O)c1)C(=O)C(F)(F)F. The van der Waals surface area contributed by atoms with Gasteiger partial charge in [-0.2, -0.15) is 13.2 Å². The molecule has 0 saturated carbocycles. The highest BCUT2D eigenvalue weighted by molar-refractivity contribution is 5.81. The molecular formula is C12H12F3NO4. The number of alkyl halides is 3. The Morgan fingerprint density at radius 2 is 2.00 bits per heavy atom. The molecule has 0 aliphatic heterocycles. The Hall–Kier alpha value is -2.25. The molecule has 0 fully saturated rings. The summed E-state index contributed by atoms with van der Waals surface area (Å²) in [7, 11) is 1.03. The second-order valence-corrected chi connectivity index (χ2v) is 3.99. The Kier molecular flexibility index (Phi) is 4.95. The second kappa shape index (κ2) is 6.27. The van der Waals surface area contributed by atoms with Crippen LogP contribution in [0.25, 0.3) is 0 Å². The number of carboxylic acids is 1. The normalized spacial score (nSPS) is 11.0. The van der Waals surface area contributed by atoms with Crippen molar-refractivity contribution in [1.82, 2.24) is 4.90 Å². The minimum absolute atomic E-state index is 0.206. The fraction of sp³-hybridized carbons (Fsp3) is 0.333. The highest BCUT2D eigenvalue weighted by atomic mass is 19.4. The van der Waals surface area contributed by atoms with Crippen LogP contribution in [0.5, 0.6) is 5.75 Å². The Bertz CT molecular complexity index is 502. The number of rotatable bonds is 5. The summed E-state index contributed by atoms with van der Waals surface area (Å²) in [6.07, 6.45) is -4.92. The van der Waals surface area contributed by atoms with Gasteiger partial charge in [-0.05, 0) is 17.7 Å². The minimum Gasteiger partial charge on any atom is -0.482 e. The summed E-state index contributed by atoms with van der Waals surface area (Å²) in [5, 5.41) is 8.45. The molecule has 1 N–H and O–H groups in total. The van der Waals surface area contributed by atoms with E-state index in [9.17, 15) is 22.8 Å². The summed E-state index contributed by atoms with van der Waals surface area (Å²) in [5.74, 6) is -2.91. The third kappa shape index (κ3) is 4.79. The Morgan fingerprint density at radius 3 is 2.55 bits per heavy atom. The Morgan fingerprint density at radius 1 is 1.35 bits per heavy atom. The van der Waals surface area contributed by atoms with Crippen LogP contribution in [-0.4, -0.2) is 41.7 Å². The van der Waals surface area contributed by atoms with Crippen molar-refractivity contribution in [2.45, 2.75) is 12.7 Å². The van der Waals surface area contributed by atoms with Crippen molar-refractivity contribution < 1.29 is 32.6 Å². The van der Waals surface area contributed by atoms with Gasteiger partial charge in [-0.15, -0.1) is 0 Å². The van der Waals surface area contributed by atoms with Crippen LogP contribution < -0.4 is 4.74 Å². The van der Waals surface area contributed by atoms with Gasteiger partial charge in [-0.3, -0.25) is 4.79 Å². The molecule has 0 radical (unpaired) electrons. The minimum atomic E-state index is -4.92. The number of benzene rings is 1. The maximum absolute atomic E-state index is 12.2. The van der Waals surface area contributed by atoms with Crippen LogP contribution in [0.1, 0.15) is 5.56 Å². The van der Waals surface area contributed by atoms with E-state index in [1.807, 2.05) is 0 Å². The summed E-state index contributed by atoms with van der Waals surface area (Å²) in [5.41, 5.74) is 0.396. The number of carboxylic acid groups (broad SMARTS) is 1. The molecule has 0 saturated heterocycles. The molecule has 1 amide bonds. The number of carbonyl (C=O) groups excluding carboxylic acids is 1. The van der Waals surface area contributed by atoms with Crippen LogP contribution in [0, 0.1) is 0 Å². The van der Waals surface area contributed by atoms with Crippen LogP contribution in [0.4, 0.5) is 13.2 Å². The fourth-order valence-electron chi connectivity index (χ4n) is 1.44. The van der Waals surface area contributed by atoms with Gasteiger partial charge in [0.25, 0.3) is 0 Å². The number of carbonyl (C=O) groups is 2. The van der Waals surface area contributed by atoms with Gasteiger partial charge in [-0.1, -0.05) is 12.1 Å². The van der Waals surface area contributed by atoms with E-state index in [2.05, 4.69) is 0 Å². The average molecular weight is 291 g/mol. The van der Waals surface area contributed by atoms with Gasteiger partial charge in [0.15, 0.2) is 6.61 Å². The average Bonchev–Trinajstić information content (AvgIpc) is 2.34. The van der Waals surface area contributed by atoms with Crippen LogP contribution in [0.2, 0.25) is 0 Å². The molecule has 8 heteroatoms. The lowest BCUT2D eigenvalue weighted by Gasteiger charge is -2.19. The van der Waals surface area contributed by atoms with E-state index in [0.717, 1.165) is 7.05 Å². The molecule has 0 spiro atoms. The van der Waals surface area contributed by atoms with E-state index < -0.39 is 24.7 Å². The number of hydrogen-bond donors (Lipinski definition) is 1. The van der Waals surface area contributed by atoms with E-state index in [1.165, 1.54) is 24.3 Å². The lowest BCUT2D eigenvalue weighted by molar-refractivity contribution is -0.184. The predicted molar refractivity (Wildman–Crippen MR) is 62.1 cm³/mol. The van der Waals surface area contributed by atoms with Gasteiger partial charge in [0, 0.05) is 13.6 Å². The topological polar surface area (TPSA) is 66.8 Å². The molecule has 0 heterocycles. The Labute approximate surface area is 112 Å². The van der Waals surface area contributed by atoms with Gasteiger partial charge in [0.2, 0.25) is 0 Å². The quantitative estimate of drug-likeness (QED) is 0.896. The summed E-state index contributed by atoms with van der Waals surface area (Å²) < 4.78 is 41.5. The summed E-state index contributed by atoms with van der Waals surface area (Å²) in [6, 6.07) is 5.85. The number of ether oxygens (including phenoxy) is 1. The molecule has 0 aliphatic carbocycles. The molecule has 20 heavy (non-hydrogen) atoms. The molecule has 1 rings (SSSR count). The fourth-order valence-corrected chi connectivity index (χ4v) is 1.44. The molecule has 0 aliphatic rings. The zero-order chi connectivity index (χ0) is 15.3. The maximum atomic E-state index is 12.2. The van der Waals surface area contributed by atoms with Crippen LogP contribution >= 0.6 is 0 Å². The molecule has 1 aromatic rings. The second-order valence-electron chi connectivity index (χ2n) is 3.99. The van der Waals surface area contributed by atoms with Gasteiger partial charge < -0.3 is 14.7 Å². The van der Waals surface area contributed by atoms with Crippen molar-refractivity contribution in [3.63, 3.8) is 0 Å². The monoisotopic (exact) mass is 291 g/mol. The lowest BCUT2D eigenvalue weighted by atomic mass is 10.2. The lowest BCUT2D eigenvalue weighted by Crippen LogP contribution is -2.37. The van der Waals surface area contributed by atoms with E-state index in [1.54, 1.807) is 0 Å². The van der Waals surface area contributed by atoms with Crippen molar-refractivity contribution in [2.24, 2.45) is 0 Å². The zero-order valence-electron chi connectivity index (χ0n) is 10.5. The smallest absolute Gasteiger partial charge is 0.471 e. The number of amides is 1. The number of aliphatic carboxylic acids is 1. The van der Waals surface area contributed by atoms with Gasteiger partial charge in [0.05, 0.1) is 0 Å². The van der Waals surface area contributed by atoms with E-state index >= 15 is 0 Å². The van der Waals surface area contributed by atoms with Crippen molar-refractivity contribution in [2.75, 3.05) is 13.7 Å². The molecule has 1 aromatic carbocycles. The third-order valence-corrected chi connectivity index (χ3v) is 2.27. The molecule has 5 nitrogen and oxygen atoms in total. The number of nitrogens with zero attached hydrogens (tertiary/aromatic N) is 1. The van der Waals surface area contributed by atoms with Crippen molar-refractivity contribution in [1.29, 1.82) is 0 Å². The Balaban J connectivity index is 2.71. The third-order valence-electron chi connectivity index (χ3n) is 2.27. The first kappa shape index (κ1) is 15.8. The van der Waals surface area contributed by atoms with E-state index in [4.69, 9.17) is 9.84 Å². The maximum Gasteiger partial charge on any atom is 0.471 e. The van der Waals surface area contributed by atoms with Crippen molar-refractivity contribution >= 4 is 11.9 Å².